The highest BCUT2D eigenvalue weighted by Gasteiger charge is 2.30. The lowest BCUT2D eigenvalue weighted by atomic mass is 10.5. The van der Waals surface area contributed by atoms with E-state index >= 15 is 0 Å². The van der Waals surface area contributed by atoms with Gasteiger partial charge in [0.05, 0.1) is 18.5 Å². The molecule has 0 fully saturated rings. The van der Waals surface area contributed by atoms with Crippen molar-refractivity contribution in [1.82, 2.24) is 0 Å². The van der Waals surface area contributed by atoms with Crippen LogP contribution >= 0.6 is 15.4 Å². The summed E-state index contributed by atoms with van der Waals surface area (Å²) in [6, 6.07) is 0. The van der Waals surface area contributed by atoms with Gasteiger partial charge in [0.25, 0.3) is 10.1 Å². The van der Waals surface area contributed by atoms with Gasteiger partial charge in [-0.1, -0.05) is 7.43 Å². The molecule has 0 saturated heterocycles. The SMILES string of the molecule is C.CC(C)OP(=O)(O)OP(C)(=O)O.CC(C)OS(C)(=O)=O. The molecule has 0 spiro atoms. The van der Waals surface area contributed by atoms with E-state index in [9.17, 15) is 17.5 Å². The number of hydrogen-bond donors (Lipinski definition) is 2. The first-order valence-electron chi connectivity index (χ1n) is 5.45. The van der Waals surface area contributed by atoms with Crippen LogP contribution in [-0.4, -0.2) is 43.3 Å². The predicted octanol–water partition coefficient (Wildman–Crippen LogP) is 2.35. The molecular formula is C9H26O9P2S. The average Bonchev–Trinajstić information content (AvgIpc) is 1.88. The molecule has 0 aliphatic carbocycles. The Hall–Kier alpha value is 0.210. The molecule has 0 saturated carbocycles. The Labute approximate surface area is 126 Å². The summed E-state index contributed by atoms with van der Waals surface area (Å²) >= 11 is 0. The number of phosphoric ester groups is 1. The molecule has 0 rings (SSSR count). The Morgan fingerprint density at radius 1 is 1.00 bits per heavy atom. The third kappa shape index (κ3) is 25.5. The fourth-order valence-electron chi connectivity index (χ4n) is 0.827. The van der Waals surface area contributed by atoms with Crippen molar-refractivity contribution < 1.29 is 40.4 Å². The molecule has 2 N–H and O–H groups in total. The highest BCUT2D eigenvalue weighted by Crippen LogP contribution is 2.58. The van der Waals surface area contributed by atoms with Crippen molar-refractivity contribution in [2.75, 3.05) is 12.9 Å². The van der Waals surface area contributed by atoms with Crippen LogP contribution in [0.5, 0.6) is 0 Å². The van der Waals surface area contributed by atoms with Gasteiger partial charge in [0, 0.05) is 6.66 Å². The summed E-state index contributed by atoms with van der Waals surface area (Å²) in [6.07, 6.45) is 0.241. The van der Waals surface area contributed by atoms with E-state index in [2.05, 4.69) is 13.0 Å². The molecule has 0 bridgehead atoms. The van der Waals surface area contributed by atoms with E-state index in [0.717, 1.165) is 12.9 Å². The molecule has 2 atom stereocenters. The van der Waals surface area contributed by atoms with Gasteiger partial charge in [0.2, 0.25) is 0 Å². The highest BCUT2D eigenvalue weighted by atomic mass is 32.2. The molecule has 132 valence electrons. The van der Waals surface area contributed by atoms with Gasteiger partial charge in [0.15, 0.2) is 0 Å². The third-order valence-electron chi connectivity index (χ3n) is 0.966. The monoisotopic (exact) mass is 372 g/mol. The zero-order valence-corrected chi connectivity index (χ0v) is 14.8. The van der Waals surface area contributed by atoms with E-state index in [1.165, 1.54) is 13.8 Å². The fraction of sp³-hybridized carbons (Fsp3) is 1.00. The van der Waals surface area contributed by atoms with Crippen molar-refractivity contribution >= 4 is 25.5 Å². The zero-order valence-electron chi connectivity index (χ0n) is 12.2. The Morgan fingerprint density at radius 3 is 1.52 bits per heavy atom. The van der Waals surface area contributed by atoms with Gasteiger partial charge in [-0.25, -0.2) is 8.88 Å². The maximum absolute atomic E-state index is 10.8. The molecule has 2 unspecified atom stereocenters. The van der Waals surface area contributed by atoms with Crippen LogP contribution in [0.25, 0.3) is 0 Å². The third-order valence-corrected chi connectivity index (χ3v) is 4.43. The molecular weight excluding hydrogens is 346 g/mol. The molecule has 0 aromatic heterocycles. The molecule has 21 heavy (non-hydrogen) atoms. The second-order valence-corrected chi connectivity index (χ2v) is 9.36. The Morgan fingerprint density at radius 2 is 1.38 bits per heavy atom. The predicted molar refractivity (Wildman–Crippen MR) is 80.7 cm³/mol. The number of phosphoric acid groups is 1. The van der Waals surface area contributed by atoms with E-state index in [-0.39, 0.29) is 13.5 Å². The first-order valence-corrected chi connectivity index (χ1v) is 10.8. The lowest BCUT2D eigenvalue weighted by Crippen LogP contribution is -2.09. The zero-order chi connectivity index (χ0) is 16.8. The summed E-state index contributed by atoms with van der Waals surface area (Å²) in [7, 11) is -11.6. The van der Waals surface area contributed by atoms with Gasteiger partial charge in [-0.3, -0.25) is 13.3 Å². The Kier molecular flexibility index (Phi) is 12.5. The van der Waals surface area contributed by atoms with Crippen LogP contribution in [-0.2, 0) is 32.3 Å². The second-order valence-electron chi connectivity index (χ2n) is 4.36. The minimum absolute atomic E-state index is 0. The van der Waals surface area contributed by atoms with Crippen molar-refractivity contribution in [2.45, 2.75) is 47.3 Å². The van der Waals surface area contributed by atoms with Crippen molar-refractivity contribution in [1.29, 1.82) is 0 Å². The number of rotatable bonds is 6. The first-order chi connectivity index (χ1) is 8.54. The van der Waals surface area contributed by atoms with Crippen LogP contribution in [0.1, 0.15) is 35.1 Å². The molecule has 12 heteroatoms. The van der Waals surface area contributed by atoms with Crippen LogP contribution in [0.3, 0.4) is 0 Å². The standard InChI is InChI=1S/C4H12O6P2.C4H10O3S.CH4/c1-4(2)9-12(7,8)10-11(3,5)6;1-4(2)7-8(3,5)6;/h4H,1-3H3,(H,5,6)(H,7,8);4H,1-3H3;1H4. The number of hydrogen-bond acceptors (Lipinski definition) is 7. The minimum Gasteiger partial charge on any atom is -0.324 e. The van der Waals surface area contributed by atoms with Crippen molar-refractivity contribution in [3.05, 3.63) is 0 Å². The first kappa shape index (κ1) is 26.1. The topological polar surface area (TPSA) is 136 Å². The van der Waals surface area contributed by atoms with E-state index in [1.54, 1.807) is 13.8 Å². The Bertz CT molecular complexity index is 466. The van der Waals surface area contributed by atoms with Gasteiger partial charge in [0.1, 0.15) is 0 Å². The molecule has 0 aromatic carbocycles. The maximum Gasteiger partial charge on any atom is 0.479 e. The normalized spacial score (nSPS) is 17.2. The van der Waals surface area contributed by atoms with Crippen LogP contribution in [0.15, 0.2) is 0 Å². The molecule has 0 aromatic rings. The van der Waals surface area contributed by atoms with E-state index in [4.69, 9.17) is 9.79 Å². The quantitative estimate of drug-likeness (QED) is 0.531. The van der Waals surface area contributed by atoms with E-state index < -0.39 is 31.6 Å². The smallest absolute Gasteiger partial charge is 0.324 e. The summed E-state index contributed by atoms with van der Waals surface area (Å²) in [5, 5.41) is 0. The van der Waals surface area contributed by atoms with Crippen LogP contribution in [0, 0.1) is 0 Å². The van der Waals surface area contributed by atoms with Gasteiger partial charge < -0.3 is 9.79 Å². The lowest BCUT2D eigenvalue weighted by molar-refractivity contribution is 0.157. The Balaban J connectivity index is -0.000000317. The molecule has 0 heterocycles. The minimum atomic E-state index is -4.38. The highest BCUT2D eigenvalue weighted by molar-refractivity contribution is 7.86. The lowest BCUT2D eigenvalue weighted by Gasteiger charge is -2.15. The molecule has 0 radical (unpaired) electrons. The van der Waals surface area contributed by atoms with Gasteiger partial charge in [-0.15, -0.1) is 0 Å². The molecule has 0 amide bonds. The van der Waals surface area contributed by atoms with Crippen molar-refractivity contribution in [3.63, 3.8) is 0 Å². The maximum atomic E-state index is 10.8. The van der Waals surface area contributed by atoms with Gasteiger partial charge in [-0.05, 0) is 27.7 Å². The van der Waals surface area contributed by atoms with Crippen LogP contribution in [0.2, 0.25) is 0 Å². The van der Waals surface area contributed by atoms with Gasteiger partial charge in [-0.2, -0.15) is 8.42 Å². The largest absolute Gasteiger partial charge is 0.479 e. The van der Waals surface area contributed by atoms with Crippen LogP contribution in [0.4, 0.5) is 0 Å². The fourth-order valence-corrected chi connectivity index (χ4v) is 3.74. The van der Waals surface area contributed by atoms with Crippen molar-refractivity contribution in [3.8, 4) is 0 Å². The summed E-state index contributed by atoms with van der Waals surface area (Å²) < 4.78 is 54.5. The average molecular weight is 372 g/mol. The van der Waals surface area contributed by atoms with Gasteiger partial charge >= 0.3 is 15.4 Å². The summed E-state index contributed by atoms with van der Waals surface area (Å²) in [4.78, 5) is 17.4. The summed E-state index contributed by atoms with van der Waals surface area (Å²) in [5.74, 6) is 0. The van der Waals surface area contributed by atoms with Crippen molar-refractivity contribution in [2.24, 2.45) is 0 Å². The van der Waals surface area contributed by atoms with E-state index in [1.807, 2.05) is 0 Å². The van der Waals surface area contributed by atoms with Crippen LogP contribution < -0.4 is 0 Å². The summed E-state index contributed by atoms with van der Waals surface area (Å²) in [5.41, 5.74) is 0. The van der Waals surface area contributed by atoms with E-state index in [0.29, 0.717) is 0 Å². The molecule has 9 nitrogen and oxygen atoms in total. The molecule has 0 aliphatic rings. The molecule has 0 aliphatic heterocycles. The summed E-state index contributed by atoms with van der Waals surface area (Å²) in [6.45, 7) is 7.15. The second kappa shape index (κ2) is 10.1.